The molecule has 0 radical (unpaired) electrons. The van der Waals surface area contributed by atoms with Crippen molar-refractivity contribution in [2.24, 2.45) is 17.8 Å². The van der Waals surface area contributed by atoms with Gasteiger partial charge in [-0.2, -0.15) is 0 Å². The number of carboxylic acids is 1. The number of amides is 1. The summed E-state index contributed by atoms with van der Waals surface area (Å²) in [6.07, 6.45) is 3.67. The van der Waals surface area contributed by atoms with E-state index in [1.165, 1.54) is 5.56 Å². The minimum absolute atomic E-state index is 0.0135. The van der Waals surface area contributed by atoms with Crippen molar-refractivity contribution >= 4 is 11.9 Å². The molecule has 1 heterocycles. The van der Waals surface area contributed by atoms with Crippen LogP contribution in [-0.4, -0.2) is 41.6 Å². The van der Waals surface area contributed by atoms with Gasteiger partial charge in [0.25, 0.3) is 0 Å². The first-order chi connectivity index (χ1) is 12.1. The summed E-state index contributed by atoms with van der Waals surface area (Å²) in [5.74, 6) is -0.346. The molecule has 1 aliphatic carbocycles. The molecule has 1 N–H and O–H groups in total. The van der Waals surface area contributed by atoms with Crippen LogP contribution in [0.2, 0.25) is 0 Å². The third-order valence-corrected chi connectivity index (χ3v) is 5.49. The first kappa shape index (κ1) is 17.9. The van der Waals surface area contributed by atoms with Crippen LogP contribution >= 0.6 is 0 Å². The summed E-state index contributed by atoms with van der Waals surface area (Å²) in [6.45, 7) is 2.87. The number of carbonyl (C=O) groups is 2. The molecule has 5 nitrogen and oxygen atoms in total. The van der Waals surface area contributed by atoms with Gasteiger partial charge < -0.3 is 14.7 Å². The highest BCUT2D eigenvalue weighted by Gasteiger charge is 2.34. The standard InChI is InChI=1S/C20H27NO4/c22-19(17-6-8-18(9-7-17)20(23)24)21-11-10-16(12-21)14-25-13-15-4-2-1-3-5-15/h1-5,16-18H,6-14H2,(H,23,24). The second kappa shape index (κ2) is 8.48. The molecular formula is C20H27NO4. The second-order valence-electron chi connectivity index (χ2n) is 7.33. The number of likely N-dealkylation sites (tertiary alicyclic amines) is 1. The number of carboxylic acid groups (broad SMARTS) is 1. The van der Waals surface area contributed by atoms with Crippen LogP contribution in [0.25, 0.3) is 0 Å². The lowest BCUT2D eigenvalue weighted by atomic mass is 9.81. The normalized spacial score (nSPS) is 26.6. The number of carbonyl (C=O) groups excluding carboxylic acids is 1. The Morgan fingerprint density at radius 1 is 1.04 bits per heavy atom. The summed E-state index contributed by atoms with van der Waals surface area (Å²) in [6, 6.07) is 10.1. The van der Waals surface area contributed by atoms with Crippen molar-refractivity contribution in [3.63, 3.8) is 0 Å². The molecule has 2 fully saturated rings. The number of hydrogen-bond donors (Lipinski definition) is 1. The fourth-order valence-electron chi connectivity index (χ4n) is 3.93. The van der Waals surface area contributed by atoms with E-state index in [2.05, 4.69) is 12.1 Å². The molecule has 1 unspecified atom stereocenters. The van der Waals surface area contributed by atoms with Gasteiger partial charge in [0.15, 0.2) is 0 Å². The molecule has 3 rings (SSSR count). The third kappa shape index (κ3) is 4.82. The molecular weight excluding hydrogens is 318 g/mol. The zero-order valence-electron chi connectivity index (χ0n) is 14.6. The molecule has 1 amide bonds. The molecule has 25 heavy (non-hydrogen) atoms. The minimum Gasteiger partial charge on any atom is -0.481 e. The first-order valence-corrected chi connectivity index (χ1v) is 9.26. The lowest BCUT2D eigenvalue weighted by Gasteiger charge is -2.28. The van der Waals surface area contributed by atoms with E-state index in [1.54, 1.807) is 0 Å². The quantitative estimate of drug-likeness (QED) is 0.861. The largest absolute Gasteiger partial charge is 0.481 e. The maximum atomic E-state index is 12.7. The van der Waals surface area contributed by atoms with Crippen LogP contribution in [-0.2, 0) is 20.9 Å². The summed E-state index contributed by atoms with van der Waals surface area (Å²) in [7, 11) is 0. The molecule has 0 spiro atoms. The van der Waals surface area contributed by atoms with E-state index in [4.69, 9.17) is 9.84 Å². The van der Waals surface area contributed by atoms with Crippen LogP contribution in [0.3, 0.4) is 0 Å². The van der Waals surface area contributed by atoms with Gasteiger partial charge in [0.05, 0.1) is 19.1 Å². The van der Waals surface area contributed by atoms with Gasteiger partial charge in [0.1, 0.15) is 0 Å². The summed E-state index contributed by atoms with van der Waals surface area (Å²) in [5.41, 5.74) is 1.17. The van der Waals surface area contributed by atoms with Gasteiger partial charge >= 0.3 is 5.97 Å². The topological polar surface area (TPSA) is 66.8 Å². The number of aliphatic carboxylic acids is 1. The highest BCUT2D eigenvalue weighted by molar-refractivity contribution is 5.79. The van der Waals surface area contributed by atoms with Crippen LogP contribution in [0.4, 0.5) is 0 Å². The zero-order valence-corrected chi connectivity index (χ0v) is 14.6. The number of nitrogens with zero attached hydrogens (tertiary/aromatic N) is 1. The monoisotopic (exact) mass is 345 g/mol. The molecule has 2 aliphatic rings. The predicted molar refractivity (Wildman–Crippen MR) is 93.9 cm³/mol. The van der Waals surface area contributed by atoms with E-state index in [0.29, 0.717) is 44.8 Å². The lowest BCUT2D eigenvalue weighted by molar-refractivity contribution is -0.145. The molecule has 5 heteroatoms. The number of benzene rings is 1. The smallest absolute Gasteiger partial charge is 0.306 e. The van der Waals surface area contributed by atoms with Gasteiger partial charge in [-0.25, -0.2) is 0 Å². The predicted octanol–water partition coefficient (Wildman–Crippen LogP) is 2.94. The highest BCUT2D eigenvalue weighted by Crippen LogP contribution is 2.31. The maximum absolute atomic E-state index is 12.7. The average Bonchev–Trinajstić information content (AvgIpc) is 3.11. The van der Waals surface area contributed by atoms with Gasteiger partial charge in [0, 0.05) is 24.9 Å². The number of ether oxygens (including phenoxy) is 1. The molecule has 1 atom stereocenters. The summed E-state index contributed by atoms with van der Waals surface area (Å²) in [5, 5.41) is 9.06. The SMILES string of the molecule is O=C(O)C1CCC(C(=O)N2CCC(COCc3ccccc3)C2)CC1. The Morgan fingerprint density at radius 2 is 1.72 bits per heavy atom. The van der Waals surface area contributed by atoms with Crippen LogP contribution in [0.5, 0.6) is 0 Å². The van der Waals surface area contributed by atoms with Crippen molar-refractivity contribution in [3.8, 4) is 0 Å². The fraction of sp³-hybridized carbons (Fsp3) is 0.600. The van der Waals surface area contributed by atoms with E-state index in [0.717, 1.165) is 19.5 Å². The summed E-state index contributed by atoms with van der Waals surface area (Å²) >= 11 is 0. The van der Waals surface area contributed by atoms with Crippen LogP contribution in [0.15, 0.2) is 30.3 Å². The summed E-state index contributed by atoms with van der Waals surface area (Å²) in [4.78, 5) is 25.6. The number of hydrogen-bond acceptors (Lipinski definition) is 3. The van der Waals surface area contributed by atoms with E-state index in [1.807, 2.05) is 23.1 Å². The lowest BCUT2D eigenvalue weighted by Crippen LogP contribution is -2.37. The molecule has 1 saturated carbocycles. The van der Waals surface area contributed by atoms with E-state index in [9.17, 15) is 9.59 Å². The van der Waals surface area contributed by atoms with Crippen molar-refractivity contribution in [2.45, 2.75) is 38.7 Å². The Balaban J connectivity index is 1.39. The van der Waals surface area contributed by atoms with Crippen LogP contribution in [0.1, 0.15) is 37.7 Å². The molecule has 1 aliphatic heterocycles. The molecule has 1 aromatic carbocycles. The first-order valence-electron chi connectivity index (χ1n) is 9.26. The average molecular weight is 345 g/mol. The van der Waals surface area contributed by atoms with Gasteiger partial charge in [-0.1, -0.05) is 30.3 Å². The van der Waals surface area contributed by atoms with Crippen molar-refractivity contribution in [1.29, 1.82) is 0 Å². The Kier molecular flexibility index (Phi) is 6.08. The zero-order chi connectivity index (χ0) is 17.6. The number of rotatable bonds is 6. The van der Waals surface area contributed by atoms with Gasteiger partial charge in [-0.05, 0) is 37.7 Å². The third-order valence-electron chi connectivity index (χ3n) is 5.49. The van der Waals surface area contributed by atoms with E-state index in [-0.39, 0.29) is 17.7 Å². The Hall–Kier alpha value is -1.88. The summed E-state index contributed by atoms with van der Waals surface area (Å²) < 4.78 is 5.81. The van der Waals surface area contributed by atoms with Gasteiger partial charge in [-0.15, -0.1) is 0 Å². The molecule has 136 valence electrons. The fourth-order valence-corrected chi connectivity index (χ4v) is 3.93. The van der Waals surface area contributed by atoms with Crippen LogP contribution in [0, 0.1) is 17.8 Å². The van der Waals surface area contributed by atoms with Crippen molar-refractivity contribution in [2.75, 3.05) is 19.7 Å². The van der Waals surface area contributed by atoms with Gasteiger partial charge in [0.2, 0.25) is 5.91 Å². The maximum Gasteiger partial charge on any atom is 0.306 e. The van der Waals surface area contributed by atoms with Crippen molar-refractivity contribution < 1.29 is 19.4 Å². The Bertz CT molecular complexity index is 581. The minimum atomic E-state index is -0.720. The van der Waals surface area contributed by atoms with Crippen LogP contribution < -0.4 is 0 Å². The van der Waals surface area contributed by atoms with E-state index < -0.39 is 5.97 Å². The molecule has 1 aromatic rings. The molecule has 0 aromatic heterocycles. The Labute approximate surface area is 149 Å². The second-order valence-corrected chi connectivity index (χ2v) is 7.33. The van der Waals surface area contributed by atoms with Crippen molar-refractivity contribution in [3.05, 3.63) is 35.9 Å². The molecule has 1 saturated heterocycles. The van der Waals surface area contributed by atoms with Gasteiger partial charge in [-0.3, -0.25) is 9.59 Å². The van der Waals surface area contributed by atoms with E-state index >= 15 is 0 Å². The molecule has 0 bridgehead atoms. The van der Waals surface area contributed by atoms with Crippen molar-refractivity contribution in [1.82, 2.24) is 4.90 Å². The highest BCUT2D eigenvalue weighted by atomic mass is 16.5. The Morgan fingerprint density at radius 3 is 2.40 bits per heavy atom.